The molecule has 0 saturated carbocycles. The first-order valence-corrected chi connectivity index (χ1v) is 3.84. The second-order valence-electron chi connectivity index (χ2n) is 2.76. The number of nitrogens with two attached hydrogens (primary N) is 2. The number of hydrogen-bond acceptors (Lipinski definition) is 3. The summed E-state index contributed by atoms with van der Waals surface area (Å²) in [5.41, 5.74) is 10.2. The van der Waals surface area contributed by atoms with Gasteiger partial charge in [0.15, 0.2) is 0 Å². The van der Waals surface area contributed by atoms with Crippen molar-refractivity contribution >= 4 is 11.9 Å². The van der Waals surface area contributed by atoms with E-state index in [1.165, 1.54) is 0 Å². The first-order valence-electron chi connectivity index (χ1n) is 3.84. The van der Waals surface area contributed by atoms with Crippen LogP contribution in [0.1, 0.15) is 20.3 Å². The van der Waals surface area contributed by atoms with Gasteiger partial charge in [-0.3, -0.25) is 10.1 Å². The fraction of sp³-hybridized carbons (Fsp3) is 0.714. The first-order chi connectivity index (χ1) is 5.49. The molecule has 5 nitrogen and oxygen atoms in total. The van der Waals surface area contributed by atoms with Crippen LogP contribution in [0.15, 0.2) is 0 Å². The van der Waals surface area contributed by atoms with E-state index in [-0.39, 0.29) is 5.92 Å². The molecule has 0 rings (SSSR count). The van der Waals surface area contributed by atoms with Crippen LogP contribution in [0.5, 0.6) is 0 Å². The zero-order valence-electron chi connectivity index (χ0n) is 7.33. The largest absolute Gasteiger partial charge is 0.351 e. The number of hydrogen-bond donors (Lipinski definition) is 3. The smallest absolute Gasteiger partial charge is 0.318 e. The van der Waals surface area contributed by atoms with Gasteiger partial charge < -0.3 is 11.5 Å². The zero-order valence-corrected chi connectivity index (χ0v) is 7.33. The van der Waals surface area contributed by atoms with Crippen LogP contribution in [0.4, 0.5) is 4.79 Å². The average molecular weight is 173 g/mol. The molecular weight excluding hydrogens is 158 g/mol. The van der Waals surface area contributed by atoms with E-state index in [1.807, 2.05) is 19.2 Å². The minimum absolute atomic E-state index is 0.0457. The maximum absolute atomic E-state index is 11.0. The lowest BCUT2D eigenvalue weighted by Crippen LogP contribution is -2.48. The van der Waals surface area contributed by atoms with Gasteiger partial charge >= 0.3 is 6.03 Å². The van der Waals surface area contributed by atoms with Gasteiger partial charge in [-0.2, -0.15) is 0 Å². The molecule has 0 fully saturated rings. The molecule has 2 unspecified atom stereocenters. The molecule has 5 N–H and O–H groups in total. The van der Waals surface area contributed by atoms with E-state index in [1.54, 1.807) is 0 Å². The van der Waals surface area contributed by atoms with Crippen LogP contribution in [-0.4, -0.2) is 18.0 Å². The highest BCUT2D eigenvalue weighted by Crippen LogP contribution is 2.04. The van der Waals surface area contributed by atoms with E-state index in [2.05, 4.69) is 0 Å². The minimum atomic E-state index is -0.862. The quantitative estimate of drug-likeness (QED) is 0.539. The number of carbonyl (C=O) groups is 2. The lowest BCUT2D eigenvalue weighted by atomic mass is 10.00. The Hall–Kier alpha value is -1.10. The van der Waals surface area contributed by atoms with Crippen molar-refractivity contribution < 1.29 is 9.59 Å². The lowest BCUT2D eigenvalue weighted by molar-refractivity contribution is -0.122. The Morgan fingerprint density at radius 1 is 1.50 bits per heavy atom. The molecule has 0 aliphatic carbocycles. The Morgan fingerprint density at radius 3 is 2.33 bits per heavy atom. The molecule has 0 aliphatic rings. The molecule has 0 bridgehead atoms. The Morgan fingerprint density at radius 2 is 2.00 bits per heavy atom. The molecule has 70 valence electrons. The van der Waals surface area contributed by atoms with Crippen molar-refractivity contribution in [2.75, 3.05) is 0 Å². The number of rotatable bonds is 3. The second-order valence-corrected chi connectivity index (χ2v) is 2.76. The van der Waals surface area contributed by atoms with Crippen molar-refractivity contribution in [3.63, 3.8) is 0 Å². The van der Waals surface area contributed by atoms with Gasteiger partial charge in [0.2, 0.25) is 5.91 Å². The van der Waals surface area contributed by atoms with Crippen molar-refractivity contribution in [3.05, 3.63) is 0 Å². The number of primary amides is 1. The minimum Gasteiger partial charge on any atom is -0.351 e. The maximum Gasteiger partial charge on any atom is 0.318 e. The van der Waals surface area contributed by atoms with Crippen LogP contribution in [0, 0.1) is 5.92 Å². The third kappa shape index (κ3) is 3.34. The van der Waals surface area contributed by atoms with Crippen LogP contribution in [0.2, 0.25) is 0 Å². The molecule has 3 amide bonds. The summed E-state index contributed by atoms with van der Waals surface area (Å²) >= 11 is 0. The number of urea groups is 1. The fourth-order valence-corrected chi connectivity index (χ4v) is 0.717. The summed E-state index contributed by atoms with van der Waals surface area (Å²) in [5, 5.41) is 1.93. The standard InChI is InChI=1S/C7H15N3O2/c1-3-4(2)5(8)6(11)10-7(9)12/h4-5H,3,8H2,1-2H3,(H3,9,10,11,12). The first kappa shape index (κ1) is 10.9. The van der Waals surface area contributed by atoms with E-state index >= 15 is 0 Å². The van der Waals surface area contributed by atoms with Crippen LogP contribution < -0.4 is 16.8 Å². The molecule has 12 heavy (non-hydrogen) atoms. The molecule has 0 aromatic rings. The van der Waals surface area contributed by atoms with E-state index in [0.29, 0.717) is 0 Å². The van der Waals surface area contributed by atoms with E-state index in [9.17, 15) is 9.59 Å². The molecule has 0 radical (unpaired) electrons. The summed E-state index contributed by atoms with van der Waals surface area (Å²) in [6.45, 7) is 3.76. The number of imide groups is 1. The molecule has 0 spiro atoms. The monoisotopic (exact) mass is 173 g/mol. The molecule has 0 aliphatic heterocycles. The molecular formula is C7H15N3O2. The Labute approximate surface area is 71.5 Å². The second kappa shape index (κ2) is 4.71. The van der Waals surface area contributed by atoms with Crippen molar-refractivity contribution in [3.8, 4) is 0 Å². The normalized spacial score (nSPS) is 14.9. The SMILES string of the molecule is CCC(C)C(N)C(=O)NC(N)=O. The van der Waals surface area contributed by atoms with Gasteiger partial charge in [-0.1, -0.05) is 20.3 Å². The van der Waals surface area contributed by atoms with Gasteiger partial charge in [0.1, 0.15) is 0 Å². The lowest BCUT2D eigenvalue weighted by Gasteiger charge is -2.15. The van der Waals surface area contributed by atoms with Gasteiger partial charge in [-0.05, 0) is 5.92 Å². The van der Waals surface area contributed by atoms with Crippen LogP contribution >= 0.6 is 0 Å². The van der Waals surface area contributed by atoms with Crippen molar-refractivity contribution in [1.82, 2.24) is 5.32 Å². The Kier molecular flexibility index (Phi) is 4.28. The summed E-state index contributed by atoms with van der Waals surface area (Å²) in [7, 11) is 0. The zero-order chi connectivity index (χ0) is 9.72. The summed E-state index contributed by atoms with van der Waals surface area (Å²) in [6, 6.07) is -1.53. The molecule has 0 aromatic carbocycles. The predicted octanol–water partition coefficient (Wildman–Crippen LogP) is -0.445. The number of amides is 3. The third-order valence-corrected chi connectivity index (χ3v) is 1.81. The summed E-state index contributed by atoms with van der Waals surface area (Å²) in [6.07, 6.45) is 0.785. The predicted molar refractivity (Wildman–Crippen MR) is 45.2 cm³/mol. The maximum atomic E-state index is 11.0. The van der Waals surface area contributed by atoms with Crippen LogP contribution in [0.3, 0.4) is 0 Å². The highest BCUT2D eigenvalue weighted by atomic mass is 16.2. The van der Waals surface area contributed by atoms with Gasteiger partial charge in [-0.25, -0.2) is 4.79 Å². The highest BCUT2D eigenvalue weighted by Gasteiger charge is 2.19. The topological polar surface area (TPSA) is 98.2 Å². The van der Waals surface area contributed by atoms with E-state index < -0.39 is 18.0 Å². The average Bonchev–Trinajstić information content (AvgIpc) is 2.00. The van der Waals surface area contributed by atoms with Gasteiger partial charge in [-0.15, -0.1) is 0 Å². The van der Waals surface area contributed by atoms with Crippen molar-refractivity contribution in [1.29, 1.82) is 0 Å². The molecule has 0 heterocycles. The van der Waals surface area contributed by atoms with E-state index in [4.69, 9.17) is 11.5 Å². The molecule has 0 saturated heterocycles. The Balaban J connectivity index is 4.01. The molecule has 5 heteroatoms. The summed E-state index contributed by atoms with van der Waals surface area (Å²) in [5.74, 6) is -0.471. The van der Waals surface area contributed by atoms with Gasteiger partial charge in [0.05, 0.1) is 6.04 Å². The van der Waals surface area contributed by atoms with Crippen molar-refractivity contribution in [2.45, 2.75) is 26.3 Å². The number of carbonyl (C=O) groups excluding carboxylic acids is 2. The molecule has 0 aromatic heterocycles. The van der Waals surface area contributed by atoms with E-state index in [0.717, 1.165) is 6.42 Å². The Bertz CT molecular complexity index is 181. The highest BCUT2D eigenvalue weighted by molar-refractivity contribution is 5.96. The third-order valence-electron chi connectivity index (χ3n) is 1.81. The van der Waals surface area contributed by atoms with Gasteiger partial charge in [0.25, 0.3) is 0 Å². The van der Waals surface area contributed by atoms with Crippen molar-refractivity contribution in [2.24, 2.45) is 17.4 Å². The summed E-state index contributed by atoms with van der Waals surface area (Å²) in [4.78, 5) is 21.3. The molecule has 2 atom stereocenters. The van der Waals surface area contributed by atoms with Crippen LogP contribution in [0.25, 0.3) is 0 Å². The van der Waals surface area contributed by atoms with Crippen LogP contribution in [-0.2, 0) is 4.79 Å². The summed E-state index contributed by atoms with van der Waals surface area (Å²) < 4.78 is 0. The number of nitrogens with one attached hydrogen (secondary N) is 1. The fourth-order valence-electron chi connectivity index (χ4n) is 0.717. The van der Waals surface area contributed by atoms with Gasteiger partial charge in [0, 0.05) is 0 Å².